The molecule has 0 bridgehead atoms. The van der Waals surface area contributed by atoms with E-state index in [0.29, 0.717) is 4.43 Å². The van der Waals surface area contributed by atoms with E-state index in [2.05, 4.69) is 0 Å². The third kappa shape index (κ3) is 1.24. The van der Waals surface area contributed by atoms with Crippen LogP contribution in [0.25, 0.3) is 0 Å². The molecular formula is C8H6IO2-. The monoisotopic (exact) mass is 261 g/mol. The van der Waals surface area contributed by atoms with Gasteiger partial charge in [-0.05, 0) is 0 Å². The summed E-state index contributed by atoms with van der Waals surface area (Å²) in [6.07, 6.45) is 0. The molecular weight excluding hydrogens is 255 g/mol. The molecule has 0 saturated carbocycles. The molecule has 0 aromatic heterocycles. The Balaban J connectivity index is 2.52. The van der Waals surface area contributed by atoms with Crippen molar-refractivity contribution in [2.75, 3.05) is 4.43 Å². The molecule has 0 atom stereocenters. The van der Waals surface area contributed by atoms with Crippen LogP contribution in [0, 0.1) is 0 Å². The Morgan fingerprint density at radius 3 is 3.00 bits per heavy atom. The molecule has 0 amide bonds. The number of Topliss-reactive ketones (excluding diaryl/α,β-unsaturated/α-hetero) is 1. The Labute approximate surface area is 75.4 Å². The van der Waals surface area contributed by atoms with Crippen molar-refractivity contribution in [3.63, 3.8) is 0 Å². The van der Waals surface area contributed by atoms with Crippen LogP contribution < -0.4 is 24.7 Å². The summed E-state index contributed by atoms with van der Waals surface area (Å²) < 4.78 is 6.00. The molecule has 0 saturated heterocycles. The molecule has 2 rings (SSSR count). The Morgan fingerprint density at radius 2 is 2.18 bits per heavy atom. The number of hydrogen-bond donors (Lipinski definition) is 0. The fraction of sp³-hybridized carbons (Fsp3) is 0.125. The second-order valence-corrected chi connectivity index (χ2v) is 4.07. The van der Waals surface area contributed by atoms with Crippen molar-refractivity contribution >= 4 is 5.78 Å². The van der Waals surface area contributed by atoms with E-state index in [9.17, 15) is 4.79 Å². The molecule has 58 valence electrons. The zero-order valence-corrected chi connectivity index (χ0v) is 7.87. The molecule has 0 spiro atoms. The minimum absolute atomic E-state index is 0.236. The molecule has 0 N–H and O–H groups in total. The first kappa shape index (κ1) is 7.09. The van der Waals surface area contributed by atoms with Gasteiger partial charge < -0.3 is 0 Å². The predicted molar refractivity (Wildman–Crippen MR) is 36.3 cm³/mol. The van der Waals surface area contributed by atoms with E-state index in [1.165, 1.54) is 0 Å². The summed E-state index contributed by atoms with van der Waals surface area (Å²) in [5.74, 6) is 1.01. The van der Waals surface area contributed by atoms with Crippen molar-refractivity contribution in [2.24, 2.45) is 0 Å². The quantitative estimate of drug-likeness (QED) is 0.409. The van der Waals surface area contributed by atoms with Gasteiger partial charge in [0.25, 0.3) is 0 Å². The first-order chi connectivity index (χ1) is 5.38. The minimum atomic E-state index is -0.364. The van der Waals surface area contributed by atoms with Crippen LogP contribution in [0.1, 0.15) is 10.4 Å². The number of halogens is 1. The van der Waals surface area contributed by atoms with Gasteiger partial charge in [0.15, 0.2) is 0 Å². The Bertz CT molecular complexity index is 296. The van der Waals surface area contributed by atoms with E-state index in [1.54, 1.807) is 0 Å². The number of benzene rings is 1. The fourth-order valence-electron chi connectivity index (χ4n) is 0.972. The summed E-state index contributed by atoms with van der Waals surface area (Å²) in [6, 6.07) is 7.43. The third-order valence-corrected chi connectivity index (χ3v) is 3.29. The van der Waals surface area contributed by atoms with Crippen molar-refractivity contribution in [3.8, 4) is 5.75 Å². The van der Waals surface area contributed by atoms with Gasteiger partial charge in [-0.15, -0.1) is 0 Å². The van der Waals surface area contributed by atoms with Crippen LogP contribution in [0.15, 0.2) is 24.3 Å². The first-order valence-corrected chi connectivity index (χ1v) is 5.67. The normalized spacial score (nSPS) is 16.2. The molecule has 1 heterocycles. The molecule has 11 heavy (non-hydrogen) atoms. The number of hydrogen-bond acceptors (Lipinski definition) is 2. The summed E-state index contributed by atoms with van der Waals surface area (Å²) >= 11 is -0.364. The number of rotatable bonds is 0. The second-order valence-electron chi connectivity index (χ2n) is 2.24. The number of para-hydroxylation sites is 1. The van der Waals surface area contributed by atoms with Crippen LogP contribution in [0.4, 0.5) is 0 Å². The van der Waals surface area contributed by atoms with Crippen molar-refractivity contribution < 1.29 is 29.5 Å². The van der Waals surface area contributed by atoms with Gasteiger partial charge in [-0.3, -0.25) is 0 Å². The number of carbonyl (C=O) groups excluding carboxylic acids is 1. The van der Waals surface area contributed by atoms with Gasteiger partial charge in [-0.25, -0.2) is 0 Å². The molecule has 3 heteroatoms. The SMILES string of the molecule is O=C1C[I-]Oc2ccccc21. The summed E-state index contributed by atoms with van der Waals surface area (Å²) in [5.41, 5.74) is 0.749. The maximum absolute atomic E-state index is 11.2. The van der Waals surface area contributed by atoms with E-state index >= 15 is 0 Å². The molecule has 1 aromatic rings. The van der Waals surface area contributed by atoms with Crippen LogP contribution >= 0.6 is 0 Å². The zero-order valence-electron chi connectivity index (χ0n) is 5.71. The molecule has 0 radical (unpaired) electrons. The van der Waals surface area contributed by atoms with Crippen LogP contribution in [0.3, 0.4) is 0 Å². The Kier molecular flexibility index (Phi) is 1.81. The van der Waals surface area contributed by atoms with Gasteiger partial charge in [-0.2, -0.15) is 0 Å². The van der Waals surface area contributed by atoms with E-state index in [4.69, 9.17) is 3.07 Å². The van der Waals surface area contributed by atoms with Crippen LogP contribution in [0.5, 0.6) is 5.75 Å². The second kappa shape index (κ2) is 2.81. The molecule has 1 aliphatic heterocycles. The molecule has 0 fully saturated rings. The molecule has 2 nitrogen and oxygen atoms in total. The van der Waals surface area contributed by atoms with Crippen molar-refractivity contribution in [3.05, 3.63) is 29.8 Å². The van der Waals surface area contributed by atoms with Crippen molar-refractivity contribution in [2.45, 2.75) is 0 Å². The number of alkyl halides is 1. The van der Waals surface area contributed by atoms with E-state index in [1.807, 2.05) is 24.3 Å². The van der Waals surface area contributed by atoms with Gasteiger partial charge in [-0.1, -0.05) is 0 Å². The standard InChI is InChI=1S/C8H6IO2/c10-7-5-9-11-8-4-2-1-3-6(7)8/h1-4H,5H2/q-1. The summed E-state index contributed by atoms with van der Waals surface area (Å²) in [7, 11) is 0. The average Bonchev–Trinajstić information content (AvgIpc) is 2.06. The number of ketones is 1. The number of fused-ring (bicyclic) bond motifs is 1. The topological polar surface area (TPSA) is 26.3 Å². The van der Waals surface area contributed by atoms with Gasteiger partial charge in [0.1, 0.15) is 0 Å². The zero-order chi connectivity index (χ0) is 7.68. The van der Waals surface area contributed by atoms with Crippen molar-refractivity contribution in [1.82, 2.24) is 0 Å². The average molecular weight is 261 g/mol. The fourth-order valence-corrected chi connectivity index (χ4v) is 2.54. The summed E-state index contributed by atoms with van der Waals surface area (Å²) in [4.78, 5) is 11.2. The molecule has 0 unspecified atom stereocenters. The first-order valence-electron chi connectivity index (χ1n) is 3.26. The predicted octanol–water partition coefficient (Wildman–Crippen LogP) is -1.73. The summed E-state index contributed by atoms with van der Waals surface area (Å²) in [5, 5.41) is 0. The van der Waals surface area contributed by atoms with Crippen LogP contribution in [0.2, 0.25) is 0 Å². The molecule has 1 aliphatic rings. The van der Waals surface area contributed by atoms with E-state index in [0.717, 1.165) is 11.3 Å². The number of carbonyl (C=O) groups is 1. The van der Waals surface area contributed by atoms with Crippen LogP contribution in [-0.2, 0) is 0 Å². The maximum atomic E-state index is 11.2. The third-order valence-electron chi connectivity index (χ3n) is 1.50. The van der Waals surface area contributed by atoms with Gasteiger partial charge in [0.05, 0.1) is 0 Å². The molecule has 1 aromatic carbocycles. The van der Waals surface area contributed by atoms with Gasteiger partial charge >= 0.3 is 75.3 Å². The Hall–Kier alpha value is -0.580. The van der Waals surface area contributed by atoms with Gasteiger partial charge in [0.2, 0.25) is 0 Å². The Morgan fingerprint density at radius 1 is 1.36 bits per heavy atom. The van der Waals surface area contributed by atoms with Crippen LogP contribution in [-0.4, -0.2) is 10.2 Å². The van der Waals surface area contributed by atoms with E-state index < -0.39 is 0 Å². The van der Waals surface area contributed by atoms with Crippen molar-refractivity contribution in [1.29, 1.82) is 0 Å². The van der Waals surface area contributed by atoms with Gasteiger partial charge in [0, 0.05) is 0 Å². The summed E-state index contributed by atoms with van der Waals surface area (Å²) in [6.45, 7) is 0. The van der Waals surface area contributed by atoms with E-state index in [-0.39, 0.29) is 27.4 Å². The molecule has 0 aliphatic carbocycles.